The molecule has 0 aliphatic rings. The van der Waals surface area contributed by atoms with E-state index in [4.69, 9.17) is 14.6 Å². The number of carbonyl (C=O) groups excluding carboxylic acids is 1. The molecule has 0 aliphatic heterocycles. The van der Waals surface area contributed by atoms with Crippen LogP contribution in [-0.2, 0) is 11.4 Å². The second-order valence-electron chi connectivity index (χ2n) is 7.30. The predicted molar refractivity (Wildman–Crippen MR) is 126 cm³/mol. The highest BCUT2D eigenvalue weighted by molar-refractivity contribution is 5.87. The number of nitrogens with zero attached hydrogens (tertiary/aromatic N) is 2. The summed E-state index contributed by atoms with van der Waals surface area (Å²) in [5.74, 6) is -0.193. The Morgan fingerprint density at radius 2 is 1.76 bits per heavy atom. The van der Waals surface area contributed by atoms with Crippen molar-refractivity contribution in [1.29, 1.82) is 0 Å². The number of carbonyl (C=O) groups is 2. The fourth-order valence-electron chi connectivity index (χ4n) is 2.83. The zero-order valence-corrected chi connectivity index (χ0v) is 18.4. The van der Waals surface area contributed by atoms with Crippen LogP contribution in [0.5, 0.6) is 11.5 Å². The minimum atomic E-state index is -0.974. The molecule has 2 N–H and O–H groups in total. The quantitative estimate of drug-likeness (QED) is 0.364. The van der Waals surface area contributed by atoms with Crippen molar-refractivity contribution in [1.82, 2.24) is 5.43 Å². The number of amides is 1. The normalized spacial score (nSPS) is 10.6. The van der Waals surface area contributed by atoms with Crippen LogP contribution in [0.2, 0.25) is 0 Å². The summed E-state index contributed by atoms with van der Waals surface area (Å²) in [6, 6.07) is 21.2. The van der Waals surface area contributed by atoms with E-state index in [1.165, 1.54) is 18.3 Å². The van der Waals surface area contributed by atoms with Crippen LogP contribution in [0, 0.1) is 0 Å². The molecule has 0 atom stereocenters. The van der Waals surface area contributed by atoms with E-state index in [1.54, 1.807) is 24.3 Å². The third-order valence-corrected chi connectivity index (χ3v) is 4.61. The smallest absolute Gasteiger partial charge is 0.335 e. The molecule has 170 valence electrons. The number of ether oxygens (including phenoxy) is 2. The number of rotatable bonds is 10. The molecular weight excluding hydrogens is 422 g/mol. The molecule has 0 saturated carbocycles. The number of carboxylic acid groups (broad SMARTS) is 1. The van der Waals surface area contributed by atoms with Gasteiger partial charge in [-0.2, -0.15) is 5.10 Å². The molecule has 1 amide bonds. The fraction of sp³-hybridized carbons (Fsp3) is 0.160. The maximum atomic E-state index is 12.1. The molecule has 0 aliphatic carbocycles. The molecule has 0 spiro atoms. The Labute approximate surface area is 192 Å². The Bertz CT molecular complexity index is 1130. The van der Waals surface area contributed by atoms with Gasteiger partial charge in [-0.3, -0.25) is 4.79 Å². The average Bonchev–Trinajstić information content (AvgIpc) is 2.82. The predicted octanol–water partition coefficient (Wildman–Crippen LogP) is 3.56. The maximum Gasteiger partial charge on any atom is 0.335 e. The van der Waals surface area contributed by atoms with E-state index in [9.17, 15) is 9.59 Å². The first-order valence-electron chi connectivity index (χ1n) is 10.2. The lowest BCUT2D eigenvalue weighted by Gasteiger charge is -2.13. The molecule has 0 saturated heterocycles. The Morgan fingerprint density at radius 3 is 2.48 bits per heavy atom. The van der Waals surface area contributed by atoms with Crippen molar-refractivity contribution in [3.05, 3.63) is 89.5 Å². The molecule has 0 radical (unpaired) electrons. The van der Waals surface area contributed by atoms with Gasteiger partial charge < -0.3 is 19.5 Å². The molecular formula is C25H25N3O5. The standard InChI is InChI=1S/C25H25N3O5/c1-28(2)21-7-5-8-22(14-21)32-17-24(29)27-26-15-20-6-3-4-9-23(20)33-16-18-10-12-19(13-11-18)25(30)31/h3-15H,16-17H2,1-2H3,(H,27,29)(H,30,31)/b26-15+. The van der Waals surface area contributed by atoms with Crippen molar-refractivity contribution in [3.63, 3.8) is 0 Å². The highest BCUT2D eigenvalue weighted by Gasteiger charge is 2.06. The third kappa shape index (κ3) is 7.10. The van der Waals surface area contributed by atoms with Gasteiger partial charge in [0.2, 0.25) is 0 Å². The number of benzene rings is 3. The van der Waals surface area contributed by atoms with Gasteiger partial charge in [-0.05, 0) is 42.0 Å². The average molecular weight is 447 g/mol. The second-order valence-corrected chi connectivity index (χ2v) is 7.30. The highest BCUT2D eigenvalue weighted by Crippen LogP contribution is 2.19. The van der Waals surface area contributed by atoms with Crippen molar-refractivity contribution in [2.45, 2.75) is 6.61 Å². The van der Waals surface area contributed by atoms with Crippen LogP contribution in [0.25, 0.3) is 0 Å². The second kappa shape index (κ2) is 11.3. The summed E-state index contributed by atoms with van der Waals surface area (Å²) in [6.45, 7) is 0.0929. The Kier molecular flexibility index (Phi) is 8.02. The molecule has 3 aromatic rings. The van der Waals surface area contributed by atoms with E-state index >= 15 is 0 Å². The summed E-state index contributed by atoms with van der Waals surface area (Å²) in [5.41, 5.74) is 5.14. The van der Waals surface area contributed by atoms with Gasteiger partial charge in [0.25, 0.3) is 5.91 Å². The molecule has 0 fully saturated rings. The molecule has 8 nitrogen and oxygen atoms in total. The number of carboxylic acids is 1. The fourth-order valence-corrected chi connectivity index (χ4v) is 2.83. The van der Waals surface area contributed by atoms with Crippen LogP contribution in [0.1, 0.15) is 21.5 Å². The number of anilines is 1. The topological polar surface area (TPSA) is 100 Å². The zero-order chi connectivity index (χ0) is 23.6. The Hall–Kier alpha value is -4.33. The minimum absolute atomic E-state index is 0.168. The Morgan fingerprint density at radius 1 is 1.00 bits per heavy atom. The highest BCUT2D eigenvalue weighted by atomic mass is 16.5. The molecule has 0 heterocycles. The van der Waals surface area contributed by atoms with Crippen molar-refractivity contribution in [2.24, 2.45) is 5.10 Å². The first kappa shape index (κ1) is 23.3. The van der Waals surface area contributed by atoms with Gasteiger partial charge in [-0.1, -0.05) is 30.3 Å². The van der Waals surface area contributed by atoms with E-state index in [1.807, 2.05) is 55.4 Å². The molecule has 0 aromatic heterocycles. The van der Waals surface area contributed by atoms with E-state index in [2.05, 4.69) is 10.5 Å². The van der Waals surface area contributed by atoms with Crippen LogP contribution < -0.4 is 19.8 Å². The summed E-state index contributed by atoms with van der Waals surface area (Å²) in [4.78, 5) is 25.0. The summed E-state index contributed by atoms with van der Waals surface area (Å²) in [5, 5.41) is 13.0. The molecule has 3 aromatic carbocycles. The minimum Gasteiger partial charge on any atom is -0.488 e. The number of hydrazone groups is 1. The first-order chi connectivity index (χ1) is 15.9. The Balaban J connectivity index is 1.52. The number of nitrogens with one attached hydrogen (secondary N) is 1. The van der Waals surface area contributed by atoms with Gasteiger partial charge in [-0.15, -0.1) is 0 Å². The summed E-state index contributed by atoms with van der Waals surface area (Å²) in [6.07, 6.45) is 1.49. The largest absolute Gasteiger partial charge is 0.488 e. The SMILES string of the molecule is CN(C)c1cccc(OCC(=O)N/N=C/c2ccccc2OCc2ccc(C(=O)O)cc2)c1. The molecule has 3 rings (SSSR count). The first-order valence-corrected chi connectivity index (χ1v) is 10.2. The monoisotopic (exact) mass is 447 g/mol. The van der Waals surface area contributed by atoms with Crippen LogP contribution in [0.4, 0.5) is 5.69 Å². The summed E-state index contributed by atoms with van der Waals surface area (Å²) in [7, 11) is 3.86. The van der Waals surface area contributed by atoms with Crippen molar-refractivity contribution in [3.8, 4) is 11.5 Å². The van der Waals surface area contributed by atoms with Crippen LogP contribution in [-0.4, -0.2) is 43.9 Å². The molecule has 33 heavy (non-hydrogen) atoms. The number of para-hydroxylation sites is 1. The lowest BCUT2D eigenvalue weighted by molar-refractivity contribution is -0.123. The van der Waals surface area contributed by atoms with E-state index < -0.39 is 11.9 Å². The van der Waals surface area contributed by atoms with Crippen LogP contribution >= 0.6 is 0 Å². The molecule has 0 bridgehead atoms. The van der Waals surface area contributed by atoms with E-state index in [0.717, 1.165) is 11.3 Å². The lowest BCUT2D eigenvalue weighted by atomic mass is 10.1. The van der Waals surface area contributed by atoms with Gasteiger partial charge in [0, 0.05) is 31.4 Å². The zero-order valence-electron chi connectivity index (χ0n) is 18.4. The van der Waals surface area contributed by atoms with Gasteiger partial charge in [0.05, 0.1) is 11.8 Å². The van der Waals surface area contributed by atoms with Crippen molar-refractivity contribution in [2.75, 3.05) is 25.6 Å². The van der Waals surface area contributed by atoms with Crippen molar-refractivity contribution >= 4 is 23.8 Å². The van der Waals surface area contributed by atoms with E-state index in [-0.39, 0.29) is 18.8 Å². The number of aromatic carboxylic acids is 1. The van der Waals surface area contributed by atoms with Crippen molar-refractivity contribution < 1.29 is 24.2 Å². The van der Waals surface area contributed by atoms with Gasteiger partial charge in [0.15, 0.2) is 6.61 Å². The summed E-state index contributed by atoms with van der Waals surface area (Å²) >= 11 is 0. The van der Waals surface area contributed by atoms with Crippen LogP contribution in [0.3, 0.4) is 0 Å². The maximum absolute atomic E-state index is 12.1. The lowest BCUT2D eigenvalue weighted by Crippen LogP contribution is -2.24. The summed E-state index contributed by atoms with van der Waals surface area (Å²) < 4.78 is 11.4. The van der Waals surface area contributed by atoms with Gasteiger partial charge in [0.1, 0.15) is 18.1 Å². The molecule has 8 heteroatoms. The number of hydrogen-bond donors (Lipinski definition) is 2. The van der Waals surface area contributed by atoms with E-state index in [0.29, 0.717) is 17.1 Å². The third-order valence-electron chi connectivity index (χ3n) is 4.61. The van der Waals surface area contributed by atoms with Gasteiger partial charge >= 0.3 is 5.97 Å². The van der Waals surface area contributed by atoms with Crippen LogP contribution in [0.15, 0.2) is 77.9 Å². The molecule has 0 unspecified atom stereocenters. The number of hydrogen-bond acceptors (Lipinski definition) is 6. The van der Waals surface area contributed by atoms with Gasteiger partial charge in [-0.25, -0.2) is 10.2 Å².